The maximum atomic E-state index is 10.4. The fourth-order valence-electron chi connectivity index (χ4n) is 2.94. The third-order valence-corrected chi connectivity index (χ3v) is 4.02. The molecule has 3 N–H and O–H groups in total. The predicted octanol–water partition coefficient (Wildman–Crippen LogP) is 4.12. The fourth-order valence-corrected chi connectivity index (χ4v) is 2.94. The highest BCUT2D eigenvalue weighted by molar-refractivity contribution is 6.11. The Hall–Kier alpha value is -3.40. The van der Waals surface area contributed by atoms with Crippen molar-refractivity contribution >= 4 is 11.1 Å². The van der Waals surface area contributed by atoms with Gasteiger partial charge in [0.1, 0.15) is 23.0 Å². The normalized spacial score (nSPS) is 15.2. The Morgan fingerprint density at radius 3 is 2.21 bits per heavy atom. The van der Waals surface area contributed by atoms with Crippen LogP contribution in [0.1, 0.15) is 11.1 Å². The van der Waals surface area contributed by atoms with Crippen molar-refractivity contribution in [3.8, 4) is 23.0 Å². The van der Waals surface area contributed by atoms with Crippen LogP contribution in [0, 0.1) is 0 Å². The molecule has 1 aliphatic heterocycles. The Morgan fingerprint density at radius 1 is 0.792 bits per heavy atom. The standard InChI is InChI=1S/C20H14O4/c21-14-7-5-12(6-8-14)16-11-24-18-10-15(22)9-17(23)20(18)19(16)13-3-1-2-4-13/h1-11,21-23H. The number of hydrogen-bond acceptors (Lipinski definition) is 4. The Bertz CT molecular complexity index is 930. The van der Waals surface area contributed by atoms with Gasteiger partial charge in [0.2, 0.25) is 0 Å². The topological polar surface area (TPSA) is 69.9 Å². The van der Waals surface area contributed by atoms with E-state index >= 15 is 0 Å². The molecule has 0 saturated carbocycles. The minimum absolute atomic E-state index is 0.0504. The van der Waals surface area contributed by atoms with Gasteiger partial charge in [0.25, 0.3) is 0 Å². The molecule has 2 aromatic rings. The molecule has 1 aliphatic carbocycles. The number of benzene rings is 2. The third-order valence-electron chi connectivity index (χ3n) is 4.02. The predicted molar refractivity (Wildman–Crippen MR) is 91.7 cm³/mol. The van der Waals surface area contributed by atoms with E-state index < -0.39 is 0 Å². The molecule has 0 unspecified atom stereocenters. The number of rotatable bonds is 1. The van der Waals surface area contributed by atoms with E-state index in [-0.39, 0.29) is 17.2 Å². The lowest BCUT2D eigenvalue weighted by Gasteiger charge is -2.23. The number of phenols is 3. The largest absolute Gasteiger partial charge is 0.508 e. The third kappa shape index (κ3) is 2.25. The summed E-state index contributed by atoms with van der Waals surface area (Å²) in [6.45, 7) is 0. The first kappa shape index (κ1) is 14.2. The number of allylic oxidation sites excluding steroid dienone is 7. The highest BCUT2D eigenvalue weighted by Crippen LogP contribution is 2.48. The maximum Gasteiger partial charge on any atom is 0.141 e. The summed E-state index contributed by atoms with van der Waals surface area (Å²) in [6, 6.07) is 9.55. The van der Waals surface area contributed by atoms with Crippen molar-refractivity contribution < 1.29 is 20.1 Å². The van der Waals surface area contributed by atoms with Crippen LogP contribution in [0.4, 0.5) is 0 Å². The first-order valence-electron chi connectivity index (χ1n) is 7.45. The quantitative estimate of drug-likeness (QED) is 0.740. The molecule has 118 valence electrons. The Morgan fingerprint density at radius 2 is 1.50 bits per heavy atom. The van der Waals surface area contributed by atoms with E-state index in [0.29, 0.717) is 11.3 Å². The van der Waals surface area contributed by atoms with Crippen LogP contribution in [-0.2, 0) is 0 Å². The molecular formula is C20H14O4. The van der Waals surface area contributed by atoms with E-state index in [1.165, 1.54) is 12.1 Å². The summed E-state index contributed by atoms with van der Waals surface area (Å²) in [7, 11) is 0. The monoisotopic (exact) mass is 318 g/mol. The van der Waals surface area contributed by atoms with Gasteiger partial charge in [-0.3, -0.25) is 0 Å². The van der Waals surface area contributed by atoms with Gasteiger partial charge in [-0.1, -0.05) is 36.4 Å². The molecule has 0 bridgehead atoms. The van der Waals surface area contributed by atoms with E-state index in [1.54, 1.807) is 30.5 Å². The molecule has 4 rings (SSSR count). The SMILES string of the molecule is Oc1ccc(C2=COc3cc(O)cc(O)c3C2=C2C=CC=C2)cc1. The molecule has 4 heteroatoms. The molecule has 0 fully saturated rings. The lowest BCUT2D eigenvalue weighted by Crippen LogP contribution is -2.04. The van der Waals surface area contributed by atoms with E-state index in [1.807, 2.05) is 24.3 Å². The molecule has 0 atom stereocenters. The molecule has 1 heterocycles. The van der Waals surface area contributed by atoms with Gasteiger partial charge >= 0.3 is 0 Å². The first-order chi connectivity index (χ1) is 11.6. The first-order valence-corrected chi connectivity index (χ1v) is 7.45. The van der Waals surface area contributed by atoms with Gasteiger partial charge < -0.3 is 20.1 Å². The molecule has 0 saturated heterocycles. The van der Waals surface area contributed by atoms with Crippen molar-refractivity contribution in [3.05, 3.63) is 83.7 Å². The molecule has 2 aliphatic rings. The summed E-state index contributed by atoms with van der Waals surface area (Å²) in [5, 5.41) is 29.6. The van der Waals surface area contributed by atoms with Gasteiger partial charge in [-0.2, -0.15) is 0 Å². The molecule has 4 nitrogen and oxygen atoms in total. The zero-order valence-electron chi connectivity index (χ0n) is 12.6. The summed E-state index contributed by atoms with van der Waals surface area (Å²) in [5.41, 5.74) is 3.91. The minimum atomic E-state index is -0.0606. The van der Waals surface area contributed by atoms with Crippen molar-refractivity contribution in [2.24, 2.45) is 0 Å². The summed E-state index contributed by atoms with van der Waals surface area (Å²) in [5.74, 6) is 0.463. The van der Waals surface area contributed by atoms with Crippen molar-refractivity contribution in [1.82, 2.24) is 0 Å². The second-order valence-electron chi connectivity index (χ2n) is 5.58. The molecule has 0 aromatic heterocycles. The average molecular weight is 318 g/mol. The maximum absolute atomic E-state index is 10.4. The number of ether oxygens (including phenoxy) is 1. The molecule has 0 spiro atoms. The summed E-state index contributed by atoms with van der Waals surface area (Å²) >= 11 is 0. The molecule has 2 aromatic carbocycles. The number of fused-ring (bicyclic) bond motifs is 1. The van der Waals surface area contributed by atoms with E-state index in [0.717, 1.165) is 22.3 Å². The van der Waals surface area contributed by atoms with E-state index in [9.17, 15) is 15.3 Å². The van der Waals surface area contributed by atoms with Crippen LogP contribution in [-0.4, -0.2) is 15.3 Å². The second-order valence-corrected chi connectivity index (χ2v) is 5.58. The number of hydrogen-bond donors (Lipinski definition) is 3. The highest BCUT2D eigenvalue weighted by atomic mass is 16.5. The Balaban J connectivity index is 1.97. The summed E-state index contributed by atoms with van der Waals surface area (Å²) in [6.07, 6.45) is 9.33. The van der Waals surface area contributed by atoms with Crippen LogP contribution < -0.4 is 4.74 Å². The van der Waals surface area contributed by atoms with Gasteiger partial charge in [-0.15, -0.1) is 0 Å². The van der Waals surface area contributed by atoms with E-state index in [2.05, 4.69) is 0 Å². The Labute approximate surface area is 138 Å². The number of phenolic OH excluding ortho intramolecular Hbond substituents is 3. The van der Waals surface area contributed by atoms with Crippen molar-refractivity contribution in [2.75, 3.05) is 0 Å². The smallest absolute Gasteiger partial charge is 0.141 e. The van der Waals surface area contributed by atoms with Crippen LogP contribution in [0.25, 0.3) is 11.1 Å². The number of aromatic hydroxyl groups is 3. The van der Waals surface area contributed by atoms with Crippen molar-refractivity contribution in [2.45, 2.75) is 0 Å². The molecule has 24 heavy (non-hydrogen) atoms. The summed E-state index contributed by atoms with van der Waals surface area (Å²) in [4.78, 5) is 0. The van der Waals surface area contributed by atoms with Crippen LogP contribution in [0.3, 0.4) is 0 Å². The van der Waals surface area contributed by atoms with Crippen LogP contribution >= 0.6 is 0 Å². The molecule has 0 amide bonds. The lowest BCUT2D eigenvalue weighted by molar-refractivity contribution is 0.427. The minimum Gasteiger partial charge on any atom is -0.508 e. The Kier molecular flexibility index (Phi) is 3.17. The van der Waals surface area contributed by atoms with Crippen LogP contribution in [0.15, 0.2) is 72.5 Å². The van der Waals surface area contributed by atoms with Gasteiger partial charge in [0, 0.05) is 23.3 Å². The zero-order valence-corrected chi connectivity index (χ0v) is 12.6. The van der Waals surface area contributed by atoms with E-state index in [4.69, 9.17) is 4.74 Å². The average Bonchev–Trinajstić information content (AvgIpc) is 3.08. The van der Waals surface area contributed by atoms with Gasteiger partial charge in [0.05, 0.1) is 11.8 Å². The summed E-state index contributed by atoms with van der Waals surface area (Å²) < 4.78 is 5.65. The zero-order chi connectivity index (χ0) is 16.7. The van der Waals surface area contributed by atoms with Gasteiger partial charge in [-0.05, 0) is 23.3 Å². The molecular weight excluding hydrogens is 304 g/mol. The van der Waals surface area contributed by atoms with Crippen molar-refractivity contribution in [1.29, 1.82) is 0 Å². The fraction of sp³-hybridized carbons (Fsp3) is 0. The second kappa shape index (κ2) is 5.35. The van der Waals surface area contributed by atoms with Crippen molar-refractivity contribution in [3.63, 3.8) is 0 Å². The molecule has 0 radical (unpaired) electrons. The van der Waals surface area contributed by atoms with Gasteiger partial charge in [-0.25, -0.2) is 0 Å². The lowest BCUT2D eigenvalue weighted by atomic mass is 9.87. The highest BCUT2D eigenvalue weighted by Gasteiger charge is 2.26. The van der Waals surface area contributed by atoms with Crippen LogP contribution in [0.2, 0.25) is 0 Å². The van der Waals surface area contributed by atoms with Gasteiger partial charge in [0.15, 0.2) is 0 Å². The van der Waals surface area contributed by atoms with Crippen LogP contribution in [0.5, 0.6) is 23.0 Å².